The van der Waals surface area contributed by atoms with Crippen molar-refractivity contribution in [3.8, 4) is 0 Å². The maximum atomic E-state index is 13.1. The predicted molar refractivity (Wildman–Crippen MR) is 318 cm³/mol. The van der Waals surface area contributed by atoms with Crippen molar-refractivity contribution < 1.29 is 39.8 Å². The van der Waals surface area contributed by atoms with Crippen molar-refractivity contribution in [3.05, 3.63) is 60.8 Å². The van der Waals surface area contributed by atoms with Gasteiger partial charge in [-0.3, -0.25) is 4.79 Å². The van der Waals surface area contributed by atoms with E-state index in [4.69, 9.17) is 9.47 Å². The Morgan fingerprint density at radius 3 is 1.23 bits per heavy atom. The molecule has 0 aromatic rings. The number of hydrogen-bond acceptors (Lipinski definition) is 8. The van der Waals surface area contributed by atoms with E-state index in [2.05, 4.69) is 67.8 Å². The van der Waals surface area contributed by atoms with Crippen LogP contribution in [0.15, 0.2) is 60.8 Å². The average molecular weight is 1060 g/mol. The molecular weight excluding hydrogens is 935 g/mol. The molecule has 9 nitrogen and oxygen atoms in total. The van der Waals surface area contributed by atoms with E-state index in [1.54, 1.807) is 6.08 Å². The lowest BCUT2D eigenvalue weighted by Gasteiger charge is -2.40. The molecule has 0 bridgehead atoms. The number of allylic oxidation sites excluding steroid dienone is 9. The number of hydrogen-bond donors (Lipinski definition) is 6. The Morgan fingerprint density at radius 2 is 0.827 bits per heavy atom. The maximum absolute atomic E-state index is 13.1. The Morgan fingerprint density at radius 1 is 0.467 bits per heavy atom. The van der Waals surface area contributed by atoms with E-state index >= 15 is 0 Å². The van der Waals surface area contributed by atoms with Crippen molar-refractivity contribution in [1.29, 1.82) is 0 Å². The molecule has 0 aliphatic carbocycles. The minimum absolute atomic E-state index is 0.180. The zero-order chi connectivity index (χ0) is 54.3. The van der Waals surface area contributed by atoms with Gasteiger partial charge in [-0.05, 0) is 57.8 Å². The molecule has 7 atom stereocenters. The second-order valence-corrected chi connectivity index (χ2v) is 22.2. The number of rotatable bonds is 55. The molecule has 0 spiro atoms. The molecule has 1 aliphatic heterocycles. The first-order valence-corrected chi connectivity index (χ1v) is 32.0. The SMILES string of the molecule is CC/C=C\C/C=C\C/C=C\C/C=C\CCCCCCCCCCCCC(=O)NC(COC1OC(CO)C(O)C(O)C1O)C(O)/C=C/CCCCCCCCCCCCCCCCCCCCCCCCCCCCC. The van der Waals surface area contributed by atoms with Crippen LogP contribution in [0.3, 0.4) is 0 Å². The van der Waals surface area contributed by atoms with Gasteiger partial charge in [-0.1, -0.05) is 293 Å². The summed E-state index contributed by atoms with van der Waals surface area (Å²) in [5, 5.41) is 54.7. The van der Waals surface area contributed by atoms with Gasteiger partial charge in [-0.2, -0.15) is 0 Å². The van der Waals surface area contributed by atoms with Gasteiger partial charge >= 0.3 is 0 Å². The molecule has 1 amide bonds. The lowest BCUT2D eigenvalue weighted by Crippen LogP contribution is -2.60. The summed E-state index contributed by atoms with van der Waals surface area (Å²) in [5.41, 5.74) is 0. The van der Waals surface area contributed by atoms with Crippen LogP contribution >= 0.6 is 0 Å². The van der Waals surface area contributed by atoms with Crippen molar-refractivity contribution in [2.45, 2.75) is 339 Å². The third-order valence-corrected chi connectivity index (χ3v) is 15.1. The van der Waals surface area contributed by atoms with Crippen molar-refractivity contribution in [1.82, 2.24) is 5.32 Å². The van der Waals surface area contributed by atoms with Crippen LogP contribution in [0.4, 0.5) is 0 Å². The highest BCUT2D eigenvalue weighted by Gasteiger charge is 2.44. The monoisotopic (exact) mass is 1060 g/mol. The number of carbonyl (C=O) groups is 1. The van der Waals surface area contributed by atoms with Crippen LogP contribution in [-0.4, -0.2) is 87.5 Å². The molecular formula is C66H121NO8. The van der Waals surface area contributed by atoms with Crippen molar-refractivity contribution in [2.75, 3.05) is 13.2 Å². The molecule has 0 radical (unpaired) electrons. The molecule has 438 valence electrons. The summed E-state index contributed by atoms with van der Waals surface area (Å²) in [6, 6.07) is -0.811. The van der Waals surface area contributed by atoms with Gasteiger partial charge in [0, 0.05) is 6.42 Å². The first-order valence-electron chi connectivity index (χ1n) is 32.0. The molecule has 1 rings (SSSR count). The standard InChI is InChI=1S/C66H121NO8/c1-3-5-7-9-11-13-15-17-19-21-23-25-27-28-29-30-31-32-34-35-37-39-41-43-45-47-49-51-53-55-60(69)59(58-74-66-65(73)64(72)63(71)61(57-68)75-66)67-62(70)56-54-52-50-48-46-44-42-40-38-36-33-26-24-22-20-18-16-14-12-10-8-6-4-2/h6,8,12,14,18,20,24,26,53,55,59-61,63-66,68-69,71-73H,3-5,7,9-11,13,15-17,19,21-23,25,27-52,54,56-58H2,1-2H3,(H,67,70)/b8-6-,14-12-,20-18-,26-24-,55-53+. The van der Waals surface area contributed by atoms with Gasteiger partial charge in [0.2, 0.25) is 5.91 Å². The van der Waals surface area contributed by atoms with E-state index in [9.17, 15) is 30.3 Å². The fourth-order valence-corrected chi connectivity index (χ4v) is 10.1. The summed E-state index contributed by atoms with van der Waals surface area (Å²) < 4.78 is 11.3. The number of amides is 1. The lowest BCUT2D eigenvalue weighted by molar-refractivity contribution is -0.302. The summed E-state index contributed by atoms with van der Waals surface area (Å²) >= 11 is 0. The van der Waals surface area contributed by atoms with Gasteiger partial charge in [0.25, 0.3) is 0 Å². The van der Waals surface area contributed by atoms with Crippen LogP contribution in [0.25, 0.3) is 0 Å². The molecule has 0 saturated carbocycles. The Labute approximate surface area is 462 Å². The fourth-order valence-electron chi connectivity index (χ4n) is 10.1. The Balaban J connectivity index is 2.18. The van der Waals surface area contributed by atoms with E-state index in [0.717, 1.165) is 70.6 Å². The Hall–Kier alpha value is -2.11. The molecule has 6 N–H and O–H groups in total. The van der Waals surface area contributed by atoms with E-state index in [-0.39, 0.29) is 12.5 Å². The molecule has 0 aromatic heterocycles. The van der Waals surface area contributed by atoms with Crippen molar-refractivity contribution >= 4 is 5.91 Å². The van der Waals surface area contributed by atoms with Crippen LogP contribution in [0.2, 0.25) is 0 Å². The highest BCUT2D eigenvalue weighted by atomic mass is 16.7. The second-order valence-electron chi connectivity index (χ2n) is 22.2. The highest BCUT2D eigenvalue weighted by molar-refractivity contribution is 5.76. The van der Waals surface area contributed by atoms with E-state index in [1.807, 2.05) is 6.08 Å². The number of ether oxygens (including phenoxy) is 2. The van der Waals surface area contributed by atoms with Crippen LogP contribution in [-0.2, 0) is 14.3 Å². The maximum Gasteiger partial charge on any atom is 0.220 e. The summed E-state index contributed by atoms with van der Waals surface area (Å²) in [5.74, 6) is -0.180. The van der Waals surface area contributed by atoms with Crippen molar-refractivity contribution in [3.63, 3.8) is 0 Å². The number of unbranched alkanes of at least 4 members (excludes halogenated alkanes) is 37. The summed E-state index contributed by atoms with van der Waals surface area (Å²) in [6.07, 6.45) is 68.7. The summed E-state index contributed by atoms with van der Waals surface area (Å²) in [6.45, 7) is 3.70. The quantitative estimate of drug-likeness (QED) is 0.0261. The highest BCUT2D eigenvalue weighted by Crippen LogP contribution is 2.23. The molecule has 1 saturated heterocycles. The first-order chi connectivity index (χ1) is 36.8. The number of carbonyl (C=O) groups excluding carboxylic acids is 1. The average Bonchev–Trinajstić information content (AvgIpc) is 3.41. The molecule has 1 heterocycles. The smallest absolute Gasteiger partial charge is 0.220 e. The Bertz CT molecular complexity index is 1360. The summed E-state index contributed by atoms with van der Waals surface area (Å²) in [7, 11) is 0. The van der Waals surface area contributed by atoms with Crippen LogP contribution in [0.5, 0.6) is 0 Å². The van der Waals surface area contributed by atoms with Crippen LogP contribution < -0.4 is 5.32 Å². The second kappa shape index (κ2) is 55.2. The Kier molecular flexibility index (Phi) is 52.2. The molecule has 0 aromatic carbocycles. The third-order valence-electron chi connectivity index (χ3n) is 15.1. The number of aliphatic hydroxyl groups is 5. The van der Waals surface area contributed by atoms with Gasteiger partial charge in [0.15, 0.2) is 6.29 Å². The molecule has 1 fully saturated rings. The normalized spacial score (nSPS) is 19.3. The number of nitrogens with one attached hydrogen (secondary N) is 1. The van der Waals surface area contributed by atoms with Gasteiger partial charge in [-0.15, -0.1) is 0 Å². The van der Waals surface area contributed by atoms with E-state index in [0.29, 0.717) is 6.42 Å². The minimum atomic E-state index is -1.57. The first kappa shape index (κ1) is 70.9. The van der Waals surface area contributed by atoms with E-state index in [1.165, 1.54) is 205 Å². The van der Waals surface area contributed by atoms with Crippen molar-refractivity contribution in [2.24, 2.45) is 0 Å². The molecule has 1 aliphatic rings. The minimum Gasteiger partial charge on any atom is -0.394 e. The molecule has 9 heteroatoms. The molecule has 7 unspecified atom stereocenters. The molecule has 75 heavy (non-hydrogen) atoms. The summed E-state index contributed by atoms with van der Waals surface area (Å²) in [4.78, 5) is 13.1. The lowest BCUT2D eigenvalue weighted by atomic mass is 9.99. The van der Waals surface area contributed by atoms with Crippen LogP contribution in [0, 0.1) is 0 Å². The number of aliphatic hydroxyl groups excluding tert-OH is 5. The van der Waals surface area contributed by atoms with Gasteiger partial charge in [0.05, 0.1) is 25.4 Å². The zero-order valence-corrected chi connectivity index (χ0v) is 48.8. The topological polar surface area (TPSA) is 149 Å². The van der Waals surface area contributed by atoms with Crippen LogP contribution in [0.1, 0.15) is 296 Å². The van der Waals surface area contributed by atoms with Gasteiger partial charge in [-0.25, -0.2) is 0 Å². The third kappa shape index (κ3) is 44.4. The van der Waals surface area contributed by atoms with Gasteiger partial charge < -0.3 is 40.3 Å². The largest absolute Gasteiger partial charge is 0.394 e. The van der Waals surface area contributed by atoms with Gasteiger partial charge in [0.1, 0.15) is 24.4 Å². The predicted octanol–water partition coefficient (Wildman–Crippen LogP) is 16.6. The zero-order valence-electron chi connectivity index (χ0n) is 48.8. The fraction of sp³-hybridized carbons (Fsp3) is 0.833. The van der Waals surface area contributed by atoms with E-state index < -0.39 is 49.5 Å².